The summed E-state index contributed by atoms with van der Waals surface area (Å²) in [7, 11) is -4.09. The Hall–Kier alpha value is -3.10. The number of sulfonamides is 1. The standard InChI is InChI=1S/C21H18F2N2O3S/c22-16-9-11-19(12-10-16)29(27,28)25-20(13-15-5-2-1-3-6-15)21(26)24-18-8-4-7-17(23)14-18/h1-12,14,20,25H,13H2,(H,24,26). The van der Waals surface area contributed by atoms with E-state index in [1.807, 2.05) is 0 Å². The predicted molar refractivity (Wildman–Crippen MR) is 106 cm³/mol. The number of anilines is 1. The summed E-state index contributed by atoms with van der Waals surface area (Å²) in [4.78, 5) is 12.6. The predicted octanol–water partition coefficient (Wildman–Crippen LogP) is 3.49. The van der Waals surface area contributed by atoms with E-state index in [0.717, 1.165) is 35.9 Å². The lowest BCUT2D eigenvalue weighted by molar-refractivity contribution is -0.117. The Morgan fingerprint density at radius 2 is 1.55 bits per heavy atom. The molecule has 0 saturated heterocycles. The highest BCUT2D eigenvalue weighted by atomic mass is 32.2. The van der Waals surface area contributed by atoms with Gasteiger partial charge in [-0.05, 0) is 54.4 Å². The van der Waals surface area contributed by atoms with Gasteiger partial charge in [-0.1, -0.05) is 36.4 Å². The van der Waals surface area contributed by atoms with Gasteiger partial charge in [-0.2, -0.15) is 4.72 Å². The lowest BCUT2D eigenvalue weighted by Crippen LogP contribution is -2.45. The van der Waals surface area contributed by atoms with E-state index in [9.17, 15) is 22.0 Å². The van der Waals surface area contributed by atoms with Gasteiger partial charge in [0, 0.05) is 5.69 Å². The summed E-state index contributed by atoms with van der Waals surface area (Å²) < 4.78 is 54.2. The van der Waals surface area contributed by atoms with Gasteiger partial charge in [-0.25, -0.2) is 17.2 Å². The zero-order valence-electron chi connectivity index (χ0n) is 15.2. The van der Waals surface area contributed by atoms with E-state index in [-0.39, 0.29) is 17.0 Å². The molecule has 1 unspecified atom stereocenters. The molecular weight excluding hydrogens is 398 g/mol. The molecule has 2 N–H and O–H groups in total. The van der Waals surface area contributed by atoms with E-state index < -0.39 is 33.6 Å². The number of halogens is 2. The fourth-order valence-corrected chi connectivity index (χ4v) is 3.90. The van der Waals surface area contributed by atoms with E-state index in [0.29, 0.717) is 0 Å². The molecule has 0 aliphatic rings. The van der Waals surface area contributed by atoms with E-state index >= 15 is 0 Å². The SMILES string of the molecule is O=C(Nc1cccc(F)c1)C(Cc1ccccc1)NS(=O)(=O)c1ccc(F)cc1. The van der Waals surface area contributed by atoms with Gasteiger partial charge in [0.15, 0.2) is 0 Å². The van der Waals surface area contributed by atoms with Crippen molar-refractivity contribution >= 4 is 21.6 Å². The first-order chi connectivity index (χ1) is 13.8. The number of amides is 1. The van der Waals surface area contributed by atoms with Crippen LogP contribution in [0, 0.1) is 11.6 Å². The lowest BCUT2D eigenvalue weighted by Gasteiger charge is -2.19. The molecule has 0 bridgehead atoms. The number of hydrogen-bond acceptors (Lipinski definition) is 3. The van der Waals surface area contributed by atoms with Crippen molar-refractivity contribution in [1.29, 1.82) is 0 Å². The zero-order chi connectivity index (χ0) is 20.9. The maximum Gasteiger partial charge on any atom is 0.242 e. The van der Waals surface area contributed by atoms with Crippen LogP contribution in [-0.2, 0) is 21.2 Å². The monoisotopic (exact) mass is 416 g/mol. The van der Waals surface area contributed by atoms with Gasteiger partial charge >= 0.3 is 0 Å². The smallest absolute Gasteiger partial charge is 0.242 e. The number of nitrogens with one attached hydrogen (secondary N) is 2. The molecular formula is C21H18F2N2O3S. The average molecular weight is 416 g/mol. The van der Waals surface area contributed by atoms with E-state index in [1.165, 1.54) is 18.2 Å². The molecule has 3 aromatic carbocycles. The normalized spacial score (nSPS) is 12.3. The quantitative estimate of drug-likeness (QED) is 0.619. The Kier molecular flexibility index (Phi) is 6.36. The third-order valence-corrected chi connectivity index (χ3v) is 5.60. The number of carbonyl (C=O) groups excluding carboxylic acids is 1. The van der Waals surface area contributed by atoms with Crippen LogP contribution in [0.4, 0.5) is 14.5 Å². The van der Waals surface area contributed by atoms with Crippen molar-refractivity contribution in [1.82, 2.24) is 4.72 Å². The highest BCUT2D eigenvalue weighted by Crippen LogP contribution is 2.14. The molecule has 0 saturated carbocycles. The summed E-state index contributed by atoms with van der Waals surface area (Å²) in [5.41, 5.74) is 0.933. The van der Waals surface area contributed by atoms with Gasteiger partial charge in [-0.3, -0.25) is 4.79 Å². The van der Waals surface area contributed by atoms with Gasteiger partial charge in [-0.15, -0.1) is 0 Å². The average Bonchev–Trinajstić information content (AvgIpc) is 2.68. The van der Waals surface area contributed by atoms with Crippen molar-refractivity contribution in [2.45, 2.75) is 17.4 Å². The Morgan fingerprint density at radius 1 is 0.862 bits per heavy atom. The van der Waals surface area contributed by atoms with Gasteiger partial charge in [0.05, 0.1) is 4.90 Å². The van der Waals surface area contributed by atoms with Crippen LogP contribution >= 0.6 is 0 Å². The first kappa shape index (κ1) is 20.6. The molecule has 3 rings (SSSR count). The van der Waals surface area contributed by atoms with Gasteiger partial charge in [0.1, 0.15) is 17.7 Å². The van der Waals surface area contributed by atoms with E-state index in [2.05, 4.69) is 10.0 Å². The molecule has 0 radical (unpaired) electrons. The molecule has 0 aliphatic heterocycles. The Labute approximate surface area is 167 Å². The molecule has 0 fully saturated rings. The minimum atomic E-state index is -4.09. The van der Waals surface area contributed by atoms with E-state index in [1.54, 1.807) is 30.3 Å². The van der Waals surface area contributed by atoms with Gasteiger partial charge < -0.3 is 5.32 Å². The van der Waals surface area contributed by atoms with Gasteiger partial charge in [0.25, 0.3) is 0 Å². The number of carbonyl (C=O) groups is 1. The third-order valence-electron chi connectivity index (χ3n) is 4.11. The molecule has 150 valence electrons. The van der Waals surface area contributed by atoms with Crippen molar-refractivity contribution in [3.8, 4) is 0 Å². The molecule has 0 aromatic heterocycles. The molecule has 0 heterocycles. The highest BCUT2D eigenvalue weighted by Gasteiger charge is 2.26. The van der Waals surface area contributed by atoms with Crippen LogP contribution in [0.15, 0.2) is 83.8 Å². The molecule has 0 aliphatic carbocycles. The van der Waals surface area contributed by atoms with Crippen LogP contribution in [-0.4, -0.2) is 20.4 Å². The van der Waals surface area contributed by atoms with Crippen molar-refractivity contribution in [3.63, 3.8) is 0 Å². The van der Waals surface area contributed by atoms with Crippen molar-refractivity contribution in [2.24, 2.45) is 0 Å². The van der Waals surface area contributed by atoms with Crippen molar-refractivity contribution in [3.05, 3.63) is 96.1 Å². The third kappa shape index (κ3) is 5.69. The largest absolute Gasteiger partial charge is 0.325 e. The summed E-state index contributed by atoms with van der Waals surface area (Å²) >= 11 is 0. The van der Waals surface area contributed by atoms with E-state index in [4.69, 9.17) is 0 Å². The summed E-state index contributed by atoms with van der Waals surface area (Å²) in [6.07, 6.45) is 0.0718. The molecule has 8 heteroatoms. The van der Waals surface area contributed by atoms with Crippen LogP contribution in [0.3, 0.4) is 0 Å². The van der Waals surface area contributed by atoms with Gasteiger partial charge in [0.2, 0.25) is 15.9 Å². The molecule has 1 amide bonds. The number of benzene rings is 3. The summed E-state index contributed by atoms with van der Waals surface area (Å²) in [5, 5.41) is 2.52. The van der Waals surface area contributed by atoms with Crippen molar-refractivity contribution in [2.75, 3.05) is 5.32 Å². The lowest BCUT2D eigenvalue weighted by atomic mass is 10.1. The number of hydrogen-bond donors (Lipinski definition) is 2. The second-order valence-corrected chi connectivity index (χ2v) is 8.03. The highest BCUT2D eigenvalue weighted by molar-refractivity contribution is 7.89. The fourth-order valence-electron chi connectivity index (χ4n) is 2.70. The first-order valence-electron chi connectivity index (χ1n) is 8.72. The van der Waals surface area contributed by atoms with Crippen LogP contribution in [0.1, 0.15) is 5.56 Å². The second kappa shape index (κ2) is 8.93. The minimum absolute atomic E-state index is 0.0718. The molecule has 1 atom stereocenters. The maximum absolute atomic E-state index is 13.4. The molecule has 3 aromatic rings. The topological polar surface area (TPSA) is 75.3 Å². The Morgan fingerprint density at radius 3 is 2.21 bits per heavy atom. The summed E-state index contributed by atoms with van der Waals surface area (Å²) in [6, 6.07) is 17.2. The summed E-state index contributed by atoms with van der Waals surface area (Å²) in [6.45, 7) is 0. The second-order valence-electron chi connectivity index (χ2n) is 6.32. The van der Waals surface area contributed by atoms with Crippen LogP contribution in [0.25, 0.3) is 0 Å². The summed E-state index contributed by atoms with van der Waals surface area (Å²) in [5.74, 6) is -1.76. The number of rotatable bonds is 7. The molecule has 0 spiro atoms. The fraction of sp³-hybridized carbons (Fsp3) is 0.0952. The van der Waals surface area contributed by atoms with Crippen LogP contribution in [0.2, 0.25) is 0 Å². The maximum atomic E-state index is 13.4. The minimum Gasteiger partial charge on any atom is -0.325 e. The van der Waals surface area contributed by atoms with Crippen LogP contribution in [0.5, 0.6) is 0 Å². The molecule has 29 heavy (non-hydrogen) atoms. The van der Waals surface area contributed by atoms with Crippen LogP contribution < -0.4 is 10.0 Å². The molecule has 5 nitrogen and oxygen atoms in total. The first-order valence-corrected chi connectivity index (χ1v) is 10.2. The van der Waals surface area contributed by atoms with Crippen molar-refractivity contribution < 1.29 is 22.0 Å². The Bertz CT molecular complexity index is 1090. The zero-order valence-corrected chi connectivity index (χ0v) is 16.0. The Balaban J connectivity index is 1.85.